The van der Waals surface area contributed by atoms with E-state index in [1.807, 2.05) is 0 Å². The van der Waals surface area contributed by atoms with E-state index in [0.717, 1.165) is 25.7 Å². The molecule has 1 aliphatic heterocycles. The van der Waals surface area contributed by atoms with Gasteiger partial charge in [-0.2, -0.15) is 4.31 Å². The predicted octanol–water partition coefficient (Wildman–Crippen LogP) is 0.334. The van der Waals surface area contributed by atoms with Crippen LogP contribution in [0.5, 0.6) is 0 Å². The van der Waals surface area contributed by atoms with Crippen LogP contribution in [0.2, 0.25) is 0 Å². The lowest BCUT2D eigenvalue weighted by atomic mass is 9.91. The first kappa shape index (κ1) is 13.8. The number of ether oxygens (including phenoxy) is 1. The van der Waals surface area contributed by atoms with Crippen LogP contribution in [0.3, 0.4) is 0 Å². The van der Waals surface area contributed by atoms with Crippen molar-refractivity contribution in [1.29, 1.82) is 0 Å². The number of morpholine rings is 1. The maximum Gasteiger partial charge on any atom is 0.262 e. The molecule has 3 rings (SSSR count). The lowest BCUT2D eigenvalue weighted by molar-refractivity contribution is -0.0587. The van der Waals surface area contributed by atoms with Gasteiger partial charge in [-0.3, -0.25) is 0 Å². The smallest absolute Gasteiger partial charge is 0.262 e. The van der Waals surface area contributed by atoms with Gasteiger partial charge in [-0.1, -0.05) is 12.8 Å². The summed E-state index contributed by atoms with van der Waals surface area (Å²) < 4.78 is 34.5. The van der Waals surface area contributed by atoms with Gasteiger partial charge in [0.15, 0.2) is 10.8 Å². The Balaban J connectivity index is 1.98. The monoisotopic (exact) mass is 300 g/mol. The zero-order valence-corrected chi connectivity index (χ0v) is 12.3. The molecule has 0 bridgehead atoms. The minimum atomic E-state index is -3.62. The molecule has 2 heterocycles. The van der Waals surface area contributed by atoms with Gasteiger partial charge in [0.05, 0.1) is 25.1 Å². The predicted molar refractivity (Wildman–Crippen MR) is 73.5 cm³/mol. The molecule has 20 heavy (non-hydrogen) atoms. The average molecular weight is 300 g/mol. The maximum absolute atomic E-state index is 12.9. The van der Waals surface area contributed by atoms with Gasteiger partial charge in [-0.05, 0) is 12.8 Å². The highest BCUT2D eigenvalue weighted by molar-refractivity contribution is 7.89. The topological polar surface area (TPSA) is 90.5 Å². The third kappa shape index (κ3) is 2.11. The van der Waals surface area contributed by atoms with Crippen molar-refractivity contribution < 1.29 is 13.2 Å². The highest BCUT2D eigenvalue weighted by Gasteiger charge is 2.42. The Labute approximate surface area is 118 Å². The van der Waals surface area contributed by atoms with Crippen LogP contribution < -0.4 is 5.73 Å². The summed E-state index contributed by atoms with van der Waals surface area (Å²) >= 11 is 0. The van der Waals surface area contributed by atoms with Gasteiger partial charge >= 0.3 is 0 Å². The van der Waals surface area contributed by atoms with E-state index in [0.29, 0.717) is 13.2 Å². The zero-order chi connectivity index (χ0) is 14.3. The Kier molecular flexibility index (Phi) is 3.47. The lowest BCUT2D eigenvalue weighted by Crippen LogP contribution is -2.54. The fraction of sp³-hybridized carbons (Fsp3) is 0.750. The second-order valence-electron chi connectivity index (χ2n) is 5.42. The number of rotatable bonds is 2. The molecular formula is C12H20N4O3S. The summed E-state index contributed by atoms with van der Waals surface area (Å²) in [5.74, 6) is 0.0614. The fourth-order valence-electron chi connectivity index (χ4n) is 3.22. The minimum absolute atomic E-state index is 0.0155. The van der Waals surface area contributed by atoms with Crippen molar-refractivity contribution in [3.8, 4) is 0 Å². The number of aromatic nitrogens is 2. The molecule has 8 heteroatoms. The van der Waals surface area contributed by atoms with E-state index < -0.39 is 10.0 Å². The molecule has 2 fully saturated rings. The van der Waals surface area contributed by atoms with Crippen LogP contribution in [0, 0.1) is 0 Å². The Hall–Kier alpha value is -1.12. The number of nitrogens with zero attached hydrogens (tertiary/aromatic N) is 3. The van der Waals surface area contributed by atoms with E-state index in [2.05, 4.69) is 4.98 Å². The average Bonchev–Trinajstić information content (AvgIpc) is 2.78. The molecule has 1 saturated heterocycles. The van der Waals surface area contributed by atoms with Crippen molar-refractivity contribution in [2.75, 3.05) is 18.9 Å². The van der Waals surface area contributed by atoms with Crippen molar-refractivity contribution in [1.82, 2.24) is 13.9 Å². The number of nitrogens with two attached hydrogens (primary N) is 1. The van der Waals surface area contributed by atoms with Gasteiger partial charge in [0.1, 0.15) is 0 Å². The van der Waals surface area contributed by atoms with Crippen molar-refractivity contribution in [2.45, 2.75) is 42.9 Å². The molecule has 0 spiro atoms. The van der Waals surface area contributed by atoms with Crippen LogP contribution in [-0.2, 0) is 21.8 Å². The molecule has 1 aromatic heterocycles. The molecule has 2 atom stereocenters. The molecule has 0 amide bonds. The summed E-state index contributed by atoms with van der Waals surface area (Å²) in [5.41, 5.74) is 5.73. The van der Waals surface area contributed by atoms with Crippen molar-refractivity contribution in [3.63, 3.8) is 0 Å². The molecule has 1 aliphatic carbocycles. The summed E-state index contributed by atoms with van der Waals surface area (Å²) in [6.45, 7) is 0.826. The largest absolute Gasteiger partial charge is 0.381 e. The molecule has 1 aromatic rings. The minimum Gasteiger partial charge on any atom is -0.381 e. The number of nitrogen functional groups attached to an aromatic ring is 1. The van der Waals surface area contributed by atoms with Gasteiger partial charge in [0.2, 0.25) is 0 Å². The van der Waals surface area contributed by atoms with Crippen LogP contribution in [-0.4, -0.2) is 47.6 Å². The van der Waals surface area contributed by atoms with E-state index in [1.165, 1.54) is 10.9 Å². The molecule has 2 unspecified atom stereocenters. The SMILES string of the molecule is Cn1cnc(N)c1S(=O)(=O)N1CCOC2CCCCC21. The first-order valence-corrected chi connectivity index (χ1v) is 8.36. The van der Waals surface area contributed by atoms with E-state index in [1.54, 1.807) is 11.4 Å². The highest BCUT2D eigenvalue weighted by atomic mass is 32.2. The number of hydrogen-bond acceptors (Lipinski definition) is 5. The molecule has 2 N–H and O–H groups in total. The van der Waals surface area contributed by atoms with Crippen molar-refractivity contribution in [3.05, 3.63) is 6.33 Å². The van der Waals surface area contributed by atoms with Crippen LogP contribution in [0.1, 0.15) is 25.7 Å². The molecular weight excluding hydrogens is 280 g/mol. The van der Waals surface area contributed by atoms with Crippen molar-refractivity contribution in [2.24, 2.45) is 7.05 Å². The third-order valence-corrected chi connectivity index (χ3v) is 6.20. The van der Waals surface area contributed by atoms with E-state index in [4.69, 9.17) is 10.5 Å². The fourth-order valence-corrected chi connectivity index (χ4v) is 5.08. The molecule has 1 saturated carbocycles. The standard InChI is InChI=1S/C12H20N4O3S/c1-15-8-14-11(13)12(15)20(17,18)16-6-7-19-10-5-3-2-4-9(10)16/h8-10H,2-7,13H2,1H3. The summed E-state index contributed by atoms with van der Waals surface area (Å²) in [6, 6.07) is -0.0724. The lowest BCUT2D eigenvalue weighted by Gasteiger charge is -2.42. The Morgan fingerprint density at radius 2 is 2.15 bits per heavy atom. The van der Waals surface area contributed by atoms with Gasteiger partial charge < -0.3 is 15.0 Å². The van der Waals surface area contributed by atoms with E-state index in [-0.39, 0.29) is 23.0 Å². The Morgan fingerprint density at radius 3 is 2.85 bits per heavy atom. The van der Waals surface area contributed by atoms with Crippen molar-refractivity contribution >= 4 is 15.8 Å². The maximum atomic E-state index is 12.9. The quantitative estimate of drug-likeness (QED) is 0.850. The molecule has 0 radical (unpaired) electrons. The number of aryl methyl sites for hydroxylation is 1. The van der Waals surface area contributed by atoms with Gasteiger partial charge in [-0.15, -0.1) is 0 Å². The third-order valence-electron chi connectivity index (χ3n) is 4.14. The Bertz CT molecular complexity index is 576. The van der Waals surface area contributed by atoms with Gasteiger partial charge in [0.25, 0.3) is 10.0 Å². The normalized spacial score (nSPS) is 28.2. The first-order chi connectivity index (χ1) is 9.51. The van der Waals surface area contributed by atoms with Crippen LogP contribution in [0.25, 0.3) is 0 Å². The summed E-state index contributed by atoms with van der Waals surface area (Å²) in [6.07, 6.45) is 5.36. The second-order valence-corrected chi connectivity index (χ2v) is 7.23. The summed E-state index contributed by atoms with van der Waals surface area (Å²) in [7, 11) is -1.97. The van der Waals surface area contributed by atoms with Gasteiger partial charge in [0, 0.05) is 13.6 Å². The highest BCUT2D eigenvalue weighted by Crippen LogP contribution is 2.33. The second kappa shape index (κ2) is 5.01. The number of anilines is 1. The van der Waals surface area contributed by atoms with Crippen LogP contribution in [0.4, 0.5) is 5.82 Å². The zero-order valence-electron chi connectivity index (χ0n) is 11.5. The summed E-state index contributed by atoms with van der Waals surface area (Å²) in [5, 5.41) is 0.0868. The van der Waals surface area contributed by atoms with Crippen LogP contribution >= 0.6 is 0 Å². The first-order valence-electron chi connectivity index (χ1n) is 6.92. The Morgan fingerprint density at radius 1 is 1.40 bits per heavy atom. The molecule has 112 valence electrons. The van der Waals surface area contributed by atoms with Gasteiger partial charge in [-0.25, -0.2) is 13.4 Å². The number of imidazole rings is 1. The van der Waals surface area contributed by atoms with E-state index >= 15 is 0 Å². The molecule has 0 aromatic carbocycles. The number of fused-ring (bicyclic) bond motifs is 1. The van der Waals surface area contributed by atoms with E-state index in [9.17, 15) is 8.42 Å². The molecule has 7 nitrogen and oxygen atoms in total. The number of hydrogen-bond donors (Lipinski definition) is 1. The molecule has 2 aliphatic rings. The van der Waals surface area contributed by atoms with Crippen LogP contribution in [0.15, 0.2) is 11.4 Å². The number of sulfonamides is 1. The summed E-state index contributed by atoms with van der Waals surface area (Å²) in [4.78, 5) is 3.88.